The molecule has 1 aromatic rings. The van der Waals surface area contributed by atoms with Gasteiger partial charge in [-0.2, -0.15) is 5.10 Å². The van der Waals surface area contributed by atoms with Crippen molar-refractivity contribution in [2.24, 2.45) is 10.8 Å². The maximum absolute atomic E-state index is 6.45. The molecule has 0 saturated heterocycles. The van der Waals surface area contributed by atoms with E-state index in [9.17, 15) is 0 Å². The quantitative estimate of drug-likeness (QED) is 0.682. The van der Waals surface area contributed by atoms with Crippen molar-refractivity contribution in [2.45, 2.75) is 46.2 Å². The Kier molecular flexibility index (Phi) is 9.35. The van der Waals surface area contributed by atoms with Gasteiger partial charge in [-0.1, -0.05) is 31.6 Å². The average molecular weight is 399 g/mol. The molecule has 6 nitrogen and oxygen atoms in total. The first-order valence-electron chi connectivity index (χ1n) is 10.7. The summed E-state index contributed by atoms with van der Waals surface area (Å²) in [6.07, 6.45) is 11.6. The number of hydrogen-bond acceptors (Lipinski definition) is 6. The van der Waals surface area contributed by atoms with Gasteiger partial charge in [0.1, 0.15) is 5.71 Å². The van der Waals surface area contributed by atoms with Crippen LogP contribution < -0.4 is 5.73 Å². The zero-order valence-electron chi connectivity index (χ0n) is 18.8. The van der Waals surface area contributed by atoms with E-state index in [-0.39, 0.29) is 6.17 Å². The summed E-state index contributed by atoms with van der Waals surface area (Å²) in [5, 5.41) is 6.78. The van der Waals surface area contributed by atoms with Gasteiger partial charge in [-0.3, -0.25) is 14.9 Å². The first-order chi connectivity index (χ1) is 13.9. The lowest BCUT2D eigenvalue weighted by molar-refractivity contribution is 0.213. The molecule has 6 heteroatoms. The average Bonchev–Trinajstić information content (AvgIpc) is 2.80. The summed E-state index contributed by atoms with van der Waals surface area (Å²) >= 11 is 0. The lowest BCUT2D eigenvalue weighted by atomic mass is 10.1. The van der Waals surface area contributed by atoms with Crippen LogP contribution >= 0.6 is 0 Å². The highest BCUT2D eigenvalue weighted by atomic mass is 15.4. The molecule has 1 aliphatic rings. The van der Waals surface area contributed by atoms with Crippen LogP contribution in [0.25, 0.3) is 0 Å². The Bertz CT molecular complexity index is 724. The first-order valence-corrected chi connectivity index (χ1v) is 10.7. The van der Waals surface area contributed by atoms with E-state index in [0.29, 0.717) is 0 Å². The van der Waals surface area contributed by atoms with Crippen LogP contribution in [0.15, 0.2) is 47.4 Å². The molecule has 29 heavy (non-hydrogen) atoms. The molecule has 2 heterocycles. The minimum Gasteiger partial charge on any atom is -0.363 e. The molecule has 0 amide bonds. The number of rotatable bonds is 8. The molecule has 1 unspecified atom stereocenters. The molecule has 0 aliphatic carbocycles. The van der Waals surface area contributed by atoms with Gasteiger partial charge in [0.05, 0.1) is 11.9 Å². The molecule has 1 aromatic heterocycles. The number of hydrogen-bond donors (Lipinski definition) is 1. The van der Waals surface area contributed by atoms with Crippen molar-refractivity contribution in [2.75, 3.05) is 40.3 Å². The van der Waals surface area contributed by atoms with Crippen molar-refractivity contribution in [3.63, 3.8) is 0 Å². The Hall–Kier alpha value is -2.18. The third-order valence-electron chi connectivity index (χ3n) is 5.43. The van der Waals surface area contributed by atoms with E-state index < -0.39 is 0 Å². The van der Waals surface area contributed by atoms with E-state index >= 15 is 0 Å². The summed E-state index contributed by atoms with van der Waals surface area (Å²) in [5.74, 6) is 0. The molecule has 0 aromatic carbocycles. The standard InChI is InChI=1S/C23H38N6/c1-6-7-11-20(3)28(5)22(24)13-16-29-15-9-12-21(26-27(4)17-18-29)23-19(2)10-8-14-25-23/h8-12,14,22H,6-7,13,15-18,24H2,1-5H3/b12-9+,20-11-,26-21+. The Balaban J connectivity index is 1.97. The molecule has 1 aliphatic heterocycles. The highest BCUT2D eigenvalue weighted by molar-refractivity contribution is 6.08. The molecule has 0 fully saturated rings. The number of aryl methyl sites for hydroxylation is 1. The van der Waals surface area contributed by atoms with Crippen LogP contribution in [0.2, 0.25) is 0 Å². The highest BCUT2D eigenvalue weighted by Gasteiger charge is 2.14. The van der Waals surface area contributed by atoms with Crippen molar-refractivity contribution in [3.8, 4) is 0 Å². The topological polar surface area (TPSA) is 61.0 Å². The van der Waals surface area contributed by atoms with E-state index in [4.69, 9.17) is 10.8 Å². The van der Waals surface area contributed by atoms with Crippen molar-refractivity contribution >= 4 is 5.71 Å². The Morgan fingerprint density at radius 3 is 2.90 bits per heavy atom. The zero-order chi connectivity index (χ0) is 21.2. The van der Waals surface area contributed by atoms with Crippen LogP contribution in [0.5, 0.6) is 0 Å². The molecule has 0 saturated carbocycles. The van der Waals surface area contributed by atoms with Crippen LogP contribution in [0, 0.1) is 6.92 Å². The van der Waals surface area contributed by atoms with Crippen LogP contribution in [0.1, 0.15) is 44.4 Å². The van der Waals surface area contributed by atoms with Gasteiger partial charge >= 0.3 is 0 Å². The second kappa shape index (κ2) is 11.7. The van der Waals surface area contributed by atoms with Crippen molar-refractivity contribution < 1.29 is 0 Å². The summed E-state index contributed by atoms with van der Waals surface area (Å²) in [5.41, 5.74) is 10.7. The molecular weight excluding hydrogens is 360 g/mol. The van der Waals surface area contributed by atoms with Crippen LogP contribution in [-0.4, -0.2) is 71.9 Å². The molecule has 0 spiro atoms. The number of pyridine rings is 1. The monoisotopic (exact) mass is 398 g/mol. The van der Waals surface area contributed by atoms with Crippen LogP contribution in [0.3, 0.4) is 0 Å². The number of unbranched alkanes of at least 4 members (excludes halogenated alkanes) is 1. The Labute approximate surface area is 176 Å². The molecule has 0 bridgehead atoms. The summed E-state index contributed by atoms with van der Waals surface area (Å²) in [6.45, 7) is 10.1. The van der Waals surface area contributed by atoms with E-state index in [0.717, 1.165) is 62.4 Å². The molecule has 2 rings (SSSR count). The molecule has 0 radical (unpaired) electrons. The number of hydrazone groups is 1. The number of aromatic nitrogens is 1. The zero-order valence-corrected chi connectivity index (χ0v) is 18.8. The van der Waals surface area contributed by atoms with Crippen molar-refractivity contribution in [3.05, 3.63) is 53.5 Å². The number of nitrogens with zero attached hydrogens (tertiary/aromatic N) is 5. The van der Waals surface area contributed by atoms with Crippen LogP contribution in [0.4, 0.5) is 0 Å². The molecule has 2 N–H and O–H groups in total. The number of nitrogens with two attached hydrogens (primary N) is 1. The number of allylic oxidation sites excluding steroid dienone is 3. The minimum absolute atomic E-state index is 0.0282. The second-order valence-electron chi connectivity index (χ2n) is 7.84. The van der Waals surface area contributed by atoms with Gasteiger partial charge in [0.25, 0.3) is 0 Å². The smallest absolute Gasteiger partial charge is 0.109 e. The van der Waals surface area contributed by atoms with Crippen molar-refractivity contribution in [1.82, 2.24) is 19.8 Å². The van der Waals surface area contributed by atoms with Gasteiger partial charge in [-0.05, 0) is 44.4 Å². The molecule has 1 atom stereocenters. The SMILES string of the molecule is CCC/C=C(/C)N(C)C(N)CCN1C/C=C/C(c2ncccc2C)=N\N(C)CC1. The van der Waals surface area contributed by atoms with Crippen molar-refractivity contribution in [1.29, 1.82) is 0 Å². The third-order valence-corrected chi connectivity index (χ3v) is 5.43. The maximum atomic E-state index is 6.45. The number of likely N-dealkylation sites (N-methyl/N-ethyl adjacent to an activating group) is 1. The highest BCUT2D eigenvalue weighted by Crippen LogP contribution is 2.11. The predicted octanol–water partition coefficient (Wildman–Crippen LogP) is 3.21. The maximum Gasteiger partial charge on any atom is 0.109 e. The predicted molar refractivity (Wildman–Crippen MR) is 123 cm³/mol. The van der Waals surface area contributed by atoms with Gasteiger partial charge in [0.15, 0.2) is 0 Å². The summed E-state index contributed by atoms with van der Waals surface area (Å²) in [7, 11) is 4.12. The van der Waals surface area contributed by atoms with E-state index in [2.05, 4.69) is 66.9 Å². The Morgan fingerprint density at radius 2 is 2.17 bits per heavy atom. The first kappa shape index (κ1) is 23.1. The van der Waals surface area contributed by atoms with Gasteiger partial charge in [-0.15, -0.1) is 0 Å². The Morgan fingerprint density at radius 1 is 1.38 bits per heavy atom. The van der Waals surface area contributed by atoms with Crippen LogP contribution in [-0.2, 0) is 0 Å². The fourth-order valence-corrected chi connectivity index (χ4v) is 3.31. The summed E-state index contributed by atoms with van der Waals surface area (Å²) < 4.78 is 0. The lowest BCUT2D eigenvalue weighted by Gasteiger charge is -2.30. The van der Waals surface area contributed by atoms with Gasteiger partial charge in [0.2, 0.25) is 0 Å². The second-order valence-corrected chi connectivity index (χ2v) is 7.84. The minimum atomic E-state index is 0.0282. The summed E-state index contributed by atoms with van der Waals surface area (Å²) in [4.78, 5) is 9.16. The fourth-order valence-electron chi connectivity index (χ4n) is 3.31. The largest absolute Gasteiger partial charge is 0.363 e. The molecular formula is C23H38N6. The molecule has 160 valence electrons. The van der Waals surface area contributed by atoms with E-state index in [1.54, 1.807) is 0 Å². The van der Waals surface area contributed by atoms with E-state index in [1.807, 2.05) is 24.3 Å². The normalized spacial score (nSPS) is 20.3. The van der Waals surface area contributed by atoms with Gasteiger partial charge in [0, 0.05) is 52.2 Å². The van der Waals surface area contributed by atoms with Gasteiger partial charge in [-0.25, -0.2) is 0 Å². The van der Waals surface area contributed by atoms with E-state index in [1.165, 1.54) is 5.70 Å². The summed E-state index contributed by atoms with van der Waals surface area (Å²) in [6, 6.07) is 4.04. The van der Waals surface area contributed by atoms with Gasteiger partial charge < -0.3 is 10.6 Å². The lowest BCUT2D eigenvalue weighted by Crippen LogP contribution is -2.42. The fraction of sp³-hybridized carbons (Fsp3) is 0.565. The third kappa shape index (κ3) is 7.29.